The average Bonchev–Trinajstić information content (AvgIpc) is 3.89. The normalized spacial score (nSPS) is 11.8. The van der Waals surface area contributed by atoms with Gasteiger partial charge in [-0.05, 0) is 94.0 Å². The second-order valence-corrected chi connectivity index (χ2v) is 15.3. The number of furan rings is 1. The predicted molar refractivity (Wildman–Crippen MR) is 257 cm³/mol. The lowest BCUT2D eigenvalue weighted by atomic mass is 9.95. The van der Waals surface area contributed by atoms with Crippen molar-refractivity contribution >= 4 is 49.3 Å². The first-order chi connectivity index (χ1) is 30.6. The third-order valence-corrected chi connectivity index (χ3v) is 11.6. The molecule has 3 heterocycles. The SMILES string of the molecule is C=C/C=C(\C=C)c1nc(-c2ccccc2)nc(-c2cccc(-c3cccc4oc5ccc(-c6cccc(-c7ccc8c(c7)c7ccccc7n8-c7ccccc7)c6)cc5c34)c2)n1. The molecule has 5 heteroatoms. The molecule has 0 amide bonds. The van der Waals surface area contributed by atoms with Gasteiger partial charge in [0.1, 0.15) is 11.2 Å². The summed E-state index contributed by atoms with van der Waals surface area (Å²) in [5.41, 5.74) is 14.4. The molecule has 0 saturated heterocycles. The number of hydrogen-bond donors (Lipinski definition) is 0. The van der Waals surface area contributed by atoms with E-state index in [1.165, 1.54) is 27.4 Å². The summed E-state index contributed by atoms with van der Waals surface area (Å²) in [5.74, 6) is 1.69. The van der Waals surface area contributed by atoms with Crippen LogP contribution in [0.1, 0.15) is 5.82 Å². The molecule has 0 aliphatic carbocycles. The Morgan fingerprint density at radius 3 is 1.82 bits per heavy atom. The van der Waals surface area contributed by atoms with Crippen molar-refractivity contribution in [1.29, 1.82) is 0 Å². The number of fused-ring (bicyclic) bond motifs is 6. The summed E-state index contributed by atoms with van der Waals surface area (Å²) in [6.45, 7) is 7.89. The molecule has 0 radical (unpaired) electrons. The largest absolute Gasteiger partial charge is 0.456 e. The van der Waals surface area contributed by atoms with Crippen molar-refractivity contribution in [2.24, 2.45) is 0 Å². The predicted octanol–water partition coefficient (Wildman–Crippen LogP) is 15.0. The first-order valence-corrected chi connectivity index (χ1v) is 20.7. The van der Waals surface area contributed by atoms with Crippen LogP contribution in [0.15, 0.2) is 224 Å². The molecular weight excluding hydrogens is 757 g/mol. The number of nitrogens with zero attached hydrogens (tertiary/aromatic N) is 4. The van der Waals surface area contributed by atoms with Gasteiger partial charge in [-0.15, -0.1) is 0 Å². The molecule has 0 atom stereocenters. The zero-order valence-corrected chi connectivity index (χ0v) is 33.7. The highest BCUT2D eigenvalue weighted by atomic mass is 16.3. The molecule has 0 saturated carbocycles. The molecule has 11 rings (SSSR count). The molecule has 0 spiro atoms. The van der Waals surface area contributed by atoms with Crippen molar-refractivity contribution in [2.75, 3.05) is 0 Å². The van der Waals surface area contributed by atoms with Crippen molar-refractivity contribution in [1.82, 2.24) is 19.5 Å². The maximum Gasteiger partial charge on any atom is 0.164 e. The van der Waals surface area contributed by atoms with E-state index in [0.29, 0.717) is 17.5 Å². The van der Waals surface area contributed by atoms with E-state index < -0.39 is 0 Å². The standard InChI is InChI=1S/C57H38N4O/c1-3-16-37(4-2)55-58-56(38-17-7-5-8-18-38)60-57(59-55)44-22-14-21-43(34-44)46-26-15-28-53-54(46)49-36-42(30-32-52(49)62-53)40-20-13-19-39(33-40)41-29-31-51-48(35-41)47-25-11-12-27-50(47)61(51)45-23-9-6-10-24-45/h3-36H,1-2H2/b37-16+. The molecule has 11 aromatic rings. The lowest BCUT2D eigenvalue weighted by Crippen LogP contribution is -2.02. The van der Waals surface area contributed by atoms with E-state index in [9.17, 15) is 0 Å². The van der Waals surface area contributed by atoms with Gasteiger partial charge in [0, 0.05) is 43.9 Å². The Labute approximate surface area is 358 Å². The second kappa shape index (κ2) is 15.3. The highest BCUT2D eigenvalue weighted by molar-refractivity contribution is 6.14. The van der Waals surface area contributed by atoms with Gasteiger partial charge in [-0.3, -0.25) is 0 Å². The van der Waals surface area contributed by atoms with Crippen LogP contribution in [0.4, 0.5) is 0 Å². The molecule has 0 bridgehead atoms. The Morgan fingerprint density at radius 1 is 0.452 bits per heavy atom. The van der Waals surface area contributed by atoms with Gasteiger partial charge >= 0.3 is 0 Å². The van der Waals surface area contributed by atoms with Gasteiger partial charge in [-0.2, -0.15) is 0 Å². The summed E-state index contributed by atoms with van der Waals surface area (Å²) in [6.07, 6.45) is 5.32. The molecule has 0 aliphatic heterocycles. The number of benzene rings is 8. The highest BCUT2D eigenvalue weighted by Crippen LogP contribution is 2.41. The van der Waals surface area contributed by atoms with Gasteiger partial charge in [0.2, 0.25) is 0 Å². The number of aromatic nitrogens is 4. The van der Waals surface area contributed by atoms with E-state index >= 15 is 0 Å². The van der Waals surface area contributed by atoms with Gasteiger partial charge in [-0.1, -0.05) is 159 Å². The minimum Gasteiger partial charge on any atom is -0.456 e. The van der Waals surface area contributed by atoms with Gasteiger partial charge in [0.15, 0.2) is 17.5 Å². The van der Waals surface area contributed by atoms with Crippen molar-refractivity contribution in [3.63, 3.8) is 0 Å². The molecule has 0 fully saturated rings. The van der Waals surface area contributed by atoms with Gasteiger partial charge < -0.3 is 8.98 Å². The lowest BCUT2D eigenvalue weighted by molar-refractivity contribution is 0.669. The van der Waals surface area contributed by atoms with E-state index in [2.05, 4.69) is 163 Å². The summed E-state index contributed by atoms with van der Waals surface area (Å²) in [4.78, 5) is 14.8. The Bertz CT molecular complexity index is 3560. The highest BCUT2D eigenvalue weighted by Gasteiger charge is 2.18. The summed E-state index contributed by atoms with van der Waals surface area (Å²) >= 11 is 0. The topological polar surface area (TPSA) is 56.7 Å². The molecule has 8 aromatic carbocycles. The third kappa shape index (κ3) is 6.40. The maximum atomic E-state index is 6.51. The zero-order valence-electron chi connectivity index (χ0n) is 33.7. The third-order valence-electron chi connectivity index (χ3n) is 11.6. The van der Waals surface area contributed by atoms with Crippen LogP contribution in [0, 0.1) is 0 Å². The molecule has 0 aliphatic rings. The summed E-state index contributed by atoms with van der Waals surface area (Å²) in [7, 11) is 0. The van der Waals surface area contributed by atoms with E-state index in [4.69, 9.17) is 19.4 Å². The van der Waals surface area contributed by atoms with Crippen molar-refractivity contribution < 1.29 is 4.42 Å². The Morgan fingerprint density at radius 2 is 1.05 bits per heavy atom. The smallest absolute Gasteiger partial charge is 0.164 e. The first kappa shape index (κ1) is 36.7. The van der Waals surface area contributed by atoms with Crippen LogP contribution in [-0.2, 0) is 0 Å². The van der Waals surface area contributed by atoms with Crippen LogP contribution in [0.3, 0.4) is 0 Å². The average molecular weight is 795 g/mol. The summed E-state index contributed by atoms with van der Waals surface area (Å²) in [6, 6.07) is 66.0. The number of rotatable bonds is 9. The molecule has 62 heavy (non-hydrogen) atoms. The van der Waals surface area contributed by atoms with Crippen LogP contribution < -0.4 is 0 Å². The van der Waals surface area contributed by atoms with E-state index in [1.54, 1.807) is 12.2 Å². The fourth-order valence-corrected chi connectivity index (χ4v) is 8.67. The van der Waals surface area contributed by atoms with E-state index in [1.807, 2.05) is 48.5 Å². The zero-order chi connectivity index (χ0) is 41.6. The van der Waals surface area contributed by atoms with Crippen LogP contribution in [0.5, 0.6) is 0 Å². The van der Waals surface area contributed by atoms with Crippen LogP contribution in [0.25, 0.3) is 111 Å². The van der Waals surface area contributed by atoms with Crippen LogP contribution in [0.2, 0.25) is 0 Å². The summed E-state index contributed by atoms with van der Waals surface area (Å²) < 4.78 is 8.86. The number of allylic oxidation sites excluding steroid dienone is 4. The molecule has 5 nitrogen and oxygen atoms in total. The molecular formula is C57H38N4O. The quantitative estimate of drug-likeness (QED) is 0.137. The monoisotopic (exact) mass is 794 g/mol. The van der Waals surface area contributed by atoms with Crippen molar-refractivity contribution in [2.45, 2.75) is 0 Å². The fraction of sp³-hybridized carbons (Fsp3) is 0. The van der Waals surface area contributed by atoms with Gasteiger partial charge in [0.25, 0.3) is 0 Å². The maximum absolute atomic E-state index is 6.51. The Kier molecular flexibility index (Phi) is 9.06. The minimum absolute atomic E-state index is 0.532. The lowest BCUT2D eigenvalue weighted by Gasteiger charge is -2.10. The molecule has 3 aromatic heterocycles. The Balaban J connectivity index is 0.993. The van der Waals surface area contributed by atoms with Crippen molar-refractivity contribution in [3.05, 3.63) is 225 Å². The number of hydrogen-bond acceptors (Lipinski definition) is 4. The number of para-hydroxylation sites is 2. The van der Waals surface area contributed by atoms with Gasteiger partial charge in [-0.25, -0.2) is 15.0 Å². The molecule has 0 N–H and O–H groups in total. The molecule has 292 valence electrons. The van der Waals surface area contributed by atoms with E-state index in [0.717, 1.165) is 72.1 Å². The summed E-state index contributed by atoms with van der Waals surface area (Å²) in [5, 5.41) is 4.58. The fourth-order valence-electron chi connectivity index (χ4n) is 8.67. The second-order valence-electron chi connectivity index (χ2n) is 15.3. The Hall–Kier alpha value is -8.41. The van der Waals surface area contributed by atoms with Crippen molar-refractivity contribution in [3.8, 4) is 61.8 Å². The molecule has 0 unspecified atom stereocenters. The van der Waals surface area contributed by atoms with Crippen LogP contribution in [-0.4, -0.2) is 19.5 Å². The van der Waals surface area contributed by atoms with Gasteiger partial charge in [0.05, 0.1) is 11.0 Å². The van der Waals surface area contributed by atoms with E-state index in [-0.39, 0.29) is 0 Å². The first-order valence-electron chi connectivity index (χ1n) is 20.7. The van der Waals surface area contributed by atoms with Crippen LogP contribution >= 0.6 is 0 Å². The minimum atomic E-state index is 0.532.